The second-order valence-electron chi connectivity index (χ2n) is 9.37. The average molecular weight is 523 g/mol. The zero-order chi connectivity index (χ0) is 25.6. The number of H-pyrrole nitrogens is 1. The lowest BCUT2D eigenvalue weighted by molar-refractivity contribution is -0.138. The molecule has 13 heteroatoms. The molecule has 3 aromatic rings. The van der Waals surface area contributed by atoms with Crippen LogP contribution in [0.2, 0.25) is 0 Å². The maximum Gasteiger partial charge on any atom is 0.405 e. The molecular formula is C23H25F3N6O3S. The van der Waals surface area contributed by atoms with E-state index in [9.17, 15) is 27.9 Å². The number of anilines is 1. The first-order valence-corrected chi connectivity index (χ1v) is 12.4. The van der Waals surface area contributed by atoms with E-state index >= 15 is 0 Å². The van der Waals surface area contributed by atoms with Crippen molar-refractivity contribution in [2.75, 3.05) is 25.0 Å². The second-order valence-corrected chi connectivity index (χ2v) is 10.4. The van der Waals surface area contributed by atoms with Gasteiger partial charge in [0.2, 0.25) is 0 Å². The van der Waals surface area contributed by atoms with E-state index < -0.39 is 24.7 Å². The molecule has 4 heterocycles. The van der Waals surface area contributed by atoms with Crippen LogP contribution in [0, 0.1) is 11.8 Å². The fourth-order valence-electron chi connectivity index (χ4n) is 5.16. The number of rotatable bonds is 6. The summed E-state index contributed by atoms with van der Waals surface area (Å²) < 4.78 is 37.4. The maximum absolute atomic E-state index is 12.5. The molecular weight excluding hydrogens is 497 g/mol. The van der Waals surface area contributed by atoms with Gasteiger partial charge in [0.15, 0.2) is 0 Å². The summed E-state index contributed by atoms with van der Waals surface area (Å²) in [4.78, 5) is 38.0. The molecule has 5 rings (SSSR count). The largest absolute Gasteiger partial charge is 0.405 e. The number of hydrogen-bond acceptors (Lipinski definition) is 7. The SMILES string of the molecule is C[C@H](O)C(=O)N1C[C@H]2CC(Nc3c(-c4ncc(C(=O)NCC(F)(F)F)s4)cnc4[nH]ccc34)C[C@H]2C1. The highest BCUT2D eigenvalue weighted by Crippen LogP contribution is 2.42. The highest BCUT2D eigenvalue weighted by atomic mass is 32.1. The molecule has 4 atom stereocenters. The monoisotopic (exact) mass is 522 g/mol. The summed E-state index contributed by atoms with van der Waals surface area (Å²) in [5.74, 6) is -0.401. The Kier molecular flexibility index (Phi) is 6.37. The van der Waals surface area contributed by atoms with Gasteiger partial charge in [0, 0.05) is 36.9 Å². The molecule has 1 aliphatic carbocycles. The number of fused-ring (bicyclic) bond motifs is 2. The number of amides is 2. The lowest BCUT2D eigenvalue weighted by Crippen LogP contribution is -2.37. The lowest BCUT2D eigenvalue weighted by Gasteiger charge is -2.22. The normalized spacial score (nSPS) is 22.6. The van der Waals surface area contributed by atoms with Crippen molar-refractivity contribution in [3.8, 4) is 10.6 Å². The molecule has 4 N–H and O–H groups in total. The van der Waals surface area contributed by atoms with Crippen LogP contribution in [0.15, 0.2) is 24.7 Å². The van der Waals surface area contributed by atoms with Gasteiger partial charge in [-0.05, 0) is 37.7 Å². The molecule has 1 saturated carbocycles. The van der Waals surface area contributed by atoms with Gasteiger partial charge in [0.25, 0.3) is 11.8 Å². The highest BCUT2D eigenvalue weighted by Gasteiger charge is 2.43. The number of nitrogens with zero attached hydrogens (tertiary/aromatic N) is 3. The van der Waals surface area contributed by atoms with Crippen LogP contribution in [-0.2, 0) is 4.79 Å². The molecule has 192 valence electrons. The number of aliphatic hydroxyl groups is 1. The molecule has 2 fully saturated rings. The topological polar surface area (TPSA) is 123 Å². The zero-order valence-corrected chi connectivity index (χ0v) is 20.1. The molecule has 0 spiro atoms. The Hall–Kier alpha value is -3.19. The smallest absolute Gasteiger partial charge is 0.384 e. The molecule has 3 aromatic heterocycles. The van der Waals surface area contributed by atoms with E-state index in [0.717, 1.165) is 35.3 Å². The minimum Gasteiger partial charge on any atom is -0.384 e. The molecule has 2 aliphatic rings. The van der Waals surface area contributed by atoms with E-state index in [4.69, 9.17) is 0 Å². The fraction of sp³-hybridized carbons (Fsp3) is 0.478. The molecule has 1 saturated heterocycles. The van der Waals surface area contributed by atoms with Crippen molar-refractivity contribution in [2.24, 2.45) is 11.8 Å². The number of halogens is 3. The zero-order valence-electron chi connectivity index (χ0n) is 19.3. The molecule has 0 aromatic carbocycles. The van der Waals surface area contributed by atoms with Gasteiger partial charge in [-0.25, -0.2) is 9.97 Å². The molecule has 0 radical (unpaired) electrons. The van der Waals surface area contributed by atoms with Crippen molar-refractivity contribution in [2.45, 2.75) is 38.1 Å². The lowest BCUT2D eigenvalue weighted by atomic mass is 10.0. The number of aliphatic hydroxyl groups excluding tert-OH is 1. The number of carbonyl (C=O) groups is 2. The van der Waals surface area contributed by atoms with Crippen molar-refractivity contribution in [1.82, 2.24) is 25.2 Å². The summed E-state index contributed by atoms with van der Waals surface area (Å²) in [6.45, 7) is 1.32. The third-order valence-electron chi connectivity index (χ3n) is 6.76. The fourth-order valence-corrected chi connectivity index (χ4v) is 6.01. The van der Waals surface area contributed by atoms with Crippen molar-refractivity contribution < 1.29 is 27.9 Å². The Bertz CT molecular complexity index is 1280. The van der Waals surface area contributed by atoms with Gasteiger partial charge >= 0.3 is 6.18 Å². The van der Waals surface area contributed by atoms with Gasteiger partial charge in [-0.1, -0.05) is 0 Å². The number of alkyl halides is 3. The van der Waals surface area contributed by atoms with Crippen LogP contribution >= 0.6 is 11.3 Å². The molecule has 9 nitrogen and oxygen atoms in total. The van der Waals surface area contributed by atoms with Gasteiger partial charge in [0.1, 0.15) is 28.2 Å². The van der Waals surface area contributed by atoms with Gasteiger partial charge in [-0.15, -0.1) is 11.3 Å². The minimum atomic E-state index is -4.50. The van der Waals surface area contributed by atoms with Crippen molar-refractivity contribution in [3.63, 3.8) is 0 Å². The summed E-state index contributed by atoms with van der Waals surface area (Å²) in [6, 6.07) is 2.02. The van der Waals surface area contributed by atoms with Crippen LogP contribution in [0.25, 0.3) is 21.6 Å². The number of nitrogens with one attached hydrogen (secondary N) is 3. The third kappa shape index (κ3) is 4.89. The summed E-state index contributed by atoms with van der Waals surface area (Å²) in [7, 11) is 0. The Morgan fingerprint density at radius 2 is 1.97 bits per heavy atom. The van der Waals surface area contributed by atoms with Crippen molar-refractivity contribution in [1.29, 1.82) is 0 Å². The average Bonchev–Trinajstić information content (AvgIpc) is 3.59. The number of carbonyl (C=O) groups excluding carboxylic acids is 2. The molecule has 36 heavy (non-hydrogen) atoms. The molecule has 2 amide bonds. The van der Waals surface area contributed by atoms with E-state index in [-0.39, 0.29) is 16.8 Å². The van der Waals surface area contributed by atoms with Gasteiger partial charge in [-0.2, -0.15) is 13.2 Å². The minimum absolute atomic E-state index is 0.0765. The van der Waals surface area contributed by atoms with Gasteiger partial charge < -0.3 is 25.6 Å². The first kappa shape index (κ1) is 24.5. The highest BCUT2D eigenvalue weighted by molar-refractivity contribution is 7.17. The van der Waals surface area contributed by atoms with Crippen LogP contribution in [-0.4, -0.2) is 74.7 Å². The van der Waals surface area contributed by atoms with Crippen LogP contribution in [0.1, 0.15) is 29.4 Å². The van der Waals surface area contributed by atoms with E-state index in [0.29, 0.717) is 41.1 Å². The molecule has 1 aliphatic heterocycles. The predicted octanol–water partition coefficient (Wildman–Crippen LogP) is 3.01. The quantitative estimate of drug-likeness (QED) is 0.395. The number of aromatic amines is 1. The van der Waals surface area contributed by atoms with Gasteiger partial charge in [-0.3, -0.25) is 9.59 Å². The standard InChI is InChI=1S/C23H25F3N6O3S/c1-11(33)22(35)32-8-12-4-14(5-13(12)9-32)31-18-15-2-3-27-19(15)28-6-16(18)21-29-7-17(36-21)20(34)30-10-23(24,25)26/h2-3,6-7,11-14,33H,4-5,8-10H2,1H3,(H,30,34)(H2,27,28,31)/t11-,12-,13+,14?/m0/s1. The Balaban J connectivity index is 1.34. The number of pyridine rings is 1. The summed E-state index contributed by atoms with van der Waals surface area (Å²) in [6.07, 6.45) is 0.881. The van der Waals surface area contributed by atoms with Crippen molar-refractivity contribution >= 4 is 39.9 Å². The Morgan fingerprint density at radius 3 is 2.64 bits per heavy atom. The predicted molar refractivity (Wildman–Crippen MR) is 127 cm³/mol. The first-order chi connectivity index (χ1) is 17.1. The van der Waals surface area contributed by atoms with Crippen LogP contribution < -0.4 is 10.6 Å². The Labute approximate surface area is 208 Å². The van der Waals surface area contributed by atoms with Crippen LogP contribution in [0.4, 0.5) is 18.9 Å². The second kappa shape index (κ2) is 9.36. The van der Waals surface area contributed by atoms with E-state index in [1.165, 1.54) is 13.1 Å². The Morgan fingerprint density at radius 1 is 1.25 bits per heavy atom. The first-order valence-electron chi connectivity index (χ1n) is 11.6. The maximum atomic E-state index is 12.5. The van der Waals surface area contributed by atoms with E-state index in [1.807, 2.05) is 11.4 Å². The molecule has 0 bridgehead atoms. The van der Waals surface area contributed by atoms with Crippen molar-refractivity contribution in [3.05, 3.63) is 29.5 Å². The number of likely N-dealkylation sites (tertiary alicyclic amines) is 1. The van der Waals surface area contributed by atoms with Crippen LogP contribution in [0.5, 0.6) is 0 Å². The summed E-state index contributed by atoms with van der Waals surface area (Å²) >= 11 is 1.00. The number of aromatic nitrogens is 3. The number of hydrogen-bond donors (Lipinski definition) is 4. The van der Waals surface area contributed by atoms with E-state index in [2.05, 4.69) is 20.3 Å². The summed E-state index contributed by atoms with van der Waals surface area (Å²) in [5, 5.41) is 16.4. The van der Waals surface area contributed by atoms with Gasteiger partial charge in [0.05, 0.1) is 17.4 Å². The van der Waals surface area contributed by atoms with Crippen LogP contribution in [0.3, 0.4) is 0 Å². The third-order valence-corrected chi connectivity index (χ3v) is 7.79. The molecule has 1 unspecified atom stereocenters. The van der Waals surface area contributed by atoms with E-state index in [1.54, 1.807) is 17.3 Å². The summed E-state index contributed by atoms with van der Waals surface area (Å²) in [5.41, 5.74) is 2.12. The number of thiazole rings is 1.